The SMILES string of the molecule is COc1ccc(CNc2cnc(C(=O)O)cn2)c(OC)c1. The third-order valence-corrected chi connectivity index (χ3v) is 2.83. The average Bonchev–Trinajstić information content (AvgIpc) is 2.53. The van der Waals surface area contributed by atoms with Gasteiger partial charge in [0.15, 0.2) is 5.69 Å². The summed E-state index contributed by atoms with van der Waals surface area (Å²) in [5.74, 6) is 0.780. The number of aromatic nitrogens is 2. The van der Waals surface area contributed by atoms with Crippen molar-refractivity contribution in [3.63, 3.8) is 0 Å². The number of rotatable bonds is 6. The summed E-state index contributed by atoms with van der Waals surface area (Å²) in [4.78, 5) is 18.5. The fourth-order valence-corrected chi connectivity index (χ4v) is 1.71. The predicted molar refractivity (Wildman–Crippen MR) is 75.9 cm³/mol. The van der Waals surface area contributed by atoms with Crippen molar-refractivity contribution in [1.29, 1.82) is 0 Å². The van der Waals surface area contributed by atoms with Gasteiger partial charge in [0.1, 0.15) is 17.3 Å². The van der Waals surface area contributed by atoms with E-state index in [0.717, 1.165) is 5.56 Å². The van der Waals surface area contributed by atoms with E-state index >= 15 is 0 Å². The number of ether oxygens (including phenoxy) is 2. The molecule has 0 spiro atoms. The summed E-state index contributed by atoms with van der Waals surface area (Å²) in [6.07, 6.45) is 2.58. The molecule has 1 aromatic heterocycles. The summed E-state index contributed by atoms with van der Waals surface area (Å²) in [6, 6.07) is 5.50. The van der Waals surface area contributed by atoms with Gasteiger partial charge in [-0.25, -0.2) is 14.8 Å². The van der Waals surface area contributed by atoms with E-state index < -0.39 is 5.97 Å². The van der Waals surface area contributed by atoms with Crippen molar-refractivity contribution >= 4 is 11.8 Å². The minimum Gasteiger partial charge on any atom is -0.497 e. The van der Waals surface area contributed by atoms with Crippen LogP contribution in [0.15, 0.2) is 30.6 Å². The number of methoxy groups -OCH3 is 2. The van der Waals surface area contributed by atoms with E-state index in [9.17, 15) is 4.79 Å². The number of carboxylic acid groups (broad SMARTS) is 1. The number of hydrogen-bond acceptors (Lipinski definition) is 6. The molecular weight excluding hydrogens is 274 g/mol. The van der Waals surface area contributed by atoms with Crippen molar-refractivity contribution in [2.24, 2.45) is 0 Å². The first kappa shape index (κ1) is 14.6. The lowest BCUT2D eigenvalue weighted by molar-refractivity contribution is 0.0690. The van der Waals surface area contributed by atoms with E-state index in [1.807, 2.05) is 12.1 Å². The van der Waals surface area contributed by atoms with Crippen LogP contribution in [0, 0.1) is 0 Å². The minimum absolute atomic E-state index is 0.0948. The maximum Gasteiger partial charge on any atom is 0.356 e. The monoisotopic (exact) mass is 289 g/mol. The van der Waals surface area contributed by atoms with E-state index in [1.165, 1.54) is 12.4 Å². The van der Waals surface area contributed by atoms with Crippen LogP contribution in [0.1, 0.15) is 16.1 Å². The van der Waals surface area contributed by atoms with E-state index in [2.05, 4.69) is 15.3 Å². The van der Waals surface area contributed by atoms with Crippen molar-refractivity contribution in [3.8, 4) is 11.5 Å². The molecule has 110 valence electrons. The average molecular weight is 289 g/mol. The normalized spacial score (nSPS) is 10.0. The molecular formula is C14H15N3O4. The Morgan fingerprint density at radius 3 is 2.62 bits per heavy atom. The smallest absolute Gasteiger partial charge is 0.356 e. The molecule has 0 unspecified atom stereocenters. The van der Waals surface area contributed by atoms with Gasteiger partial charge in [-0.1, -0.05) is 0 Å². The fraction of sp³-hybridized carbons (Fsp3) is 0.214. The number of nitrogens with zero attached hydrogens (tertiary/aromatic N) is 2. The Kier molecular flexibility index (Phi) is 4.55. The highest BCUT2D eigenvalue weighted by molar-refractivity contribution is 5.84. The number of carboxylic acids is 1. The van der Waals surface area contributed by atoms with Crippen LogP contribution in [0.3, 0.4) is 0 Å². The summed E-state index contributed by atoms with van der Waals surface area (Å²) in [6.45, 7) is 0.467. The molecule has 2 aromatic rings. The van der Waals surface area contributed by atoms with E-state index in [1.54, 1.807) is 20.3 Å². The molecule has 7 heteroatoms. The second kappa shape index (κ2) is 6.56. The van der Waals surface area contributed by atoms with Crippen molar-refractivity contribution < 1.29 is 19.4 Å². The van der Waals surface area contributed by atoms with Crippen LogP contribution in [-0.2, 0) is 6.54 Å². The molecule has 2 rings (SSSR count). The number of hydrogen-bond donors (Lipinski definition) is 2. The molecule has 0 bridgehead atoms. The number of benzene rings is 1. The van der Waals surface area contributed by atoms with Gasteiger partial charge in [0, 0.05) is 18.2 Å². The van der Waals surface area contributed by atoms with Gasteiger partial charge in [0.25, 0.3) is 0 Å². The molecule has 1 aromatic carbocycles. The summed E-state index contributed by atoms with van der Waals surface area (Å²) >= 11 is 0. The largest absolute Gasteiger partial charge is 0.497 e. The number of anilines is 1. The summed E-state index contributed by atoms with van der Waals surface area (Å²) in [7, 11) is 3.17. The standard InChI is InChI=1S/C14H15N3O4/c1-20-10-4-3-9(12(5-10)21-2)6-16-13-8-15-11(7-17-13)14(18)19/h3-5,7-8H,6H2,1-2H3,(H,16,17)(H,18,19). The number of aromatic carboxylic acids is 1. The molecule has 0 aliphatic carbocycles. The maximum atomic E-state index is 10.7. The Hall–Kier alpha value is -2.83. The molecule has 21 heavy (non-hydrogen) atoms. The lowest BCUT2D eigenvalue weighted by atomic mass is 10.2. The van der Waals surface area contributed by atoms with Gasteiger partial charge in [-0.15, -0.1) is 0 Å². The Balaban J connectivity index is 2.07. The second-order valence-corrected chi connectivity index (χ2v) is 4.12. The van der Waals surface area contributed by atoms with E-state index in [-0.39, 0.29) is 5.69 Å². The molecule has 0 fully saturated rings. The maximum absolute atomic E-state index is 10.7. The van der Waals surface area contributed by atoms with Gasteiger partial charge in [-0.05, 0) is 12.1 Å². The van der Waals surface area contributed by atoms with Crippen LogP contribution in [0.2, 0.25) is 0 Å². The van der Waals surface area contributed by atoms with Gasteiger partial charge < -0.3 is 19.9 Å². The molecule has 0 aliphatic heterocycles. The first-order valence-electron chi connectivity index (χ1n) is 6.14. The van der Waals surface area contributed by atoms with Crippen molar-refractivity contribution in [2.75, 3.05) is 19.5 Å². The molecule has 0 radical (unpaired) electrons. The number of nitrogens with one attached hydrogen (secondary N) is 1. The zero-order valence-electron chi connectivity index (χ0n) is 11.7. The van der Waals surface area contributed by atoms with Gasteiger partial charge in [0.05, 0.1) is 26.6 Å². The Labute approximate surface area is 121 Å². The van der Waals surface area contributed by atoms with Crippen molar-refractivity contribution in [2.45, 2.75) is 6.54 Å². The Morgan fingerprint density at radius 1 is 1.24 bits per heavy atom. The van der Waals surface area contributed by atoms with Crippen molar-refractivity contribution in [3.05, 3.63) is 41.9 Å². The minimum atomic E-state index is -1.11. The highest BCUT2D eigenvalue weighted by atomic mass is 16.5. The molecule has 0 saturated heterocycles. The molecule has 0 saturated carbocycles. The van der Waals surface area contributed by atoms with Crippen LogP contribution < -0.4 is 14.8 Å². The van der Waals surface area contributed by atoms with Crippen LogP contribution in [0.4, 0.5) is 5.82 Å². The molecule has 2 N–H and O–H groups in total. The Bertz CT molecular complexity index is 629. The molecule has 0 aliphatic rings. The van der Waals surface area contributed by atoms with Gasteiger partial charge in [-0.2, -0.15) is 0 Å². The summed E-state index contributed by atoms with van der Waals surface area (Å²) in [5.41, 5.74) is 0.824. The van der Waals surface area contributed by atoms with Gasteiger partial charge in [-0.3, -0.25) is 0 Å². The van der Waals surface area contributed by atoms with Crippen LogP contribution in [0.25, 0.3) is 0 Å². The topological polar surface area (TPSA) is 93.6 Å². The quantitative estimate of drug-likeness (QED) is 0.837. The van der Waals surface area contributed by atoms with Crippen molar-refractivity contribution in [1.82, 2.24) is 9.97 Å². The lowest BCUT2D eigenvalue weighted by Gasteiger charge is -2.11. The molecule has 0 atom stereocenters. The fourth-order valence-electron chi connectivity index (χ4n) is 1.71. The van der Waals surface area contributed by atoms with Crippen LogP contribution in [-0.4, -0.2) is 35.3 Å². The van der Waals surface area contributed by atoms with Crippen LogP contribution >= 0.6 is 0 Å². The third-order valence-electron chi connectivity index (χ3n) is 2.83. The molecule has 7 nitrogen and oxygen atoms in total. The summed E-state index contributed by atoms with van der Waals surface area (Å²) in [5, 5.41) is 11.8. The van der Waals surface area contributed by atoms with Crippen LogP contribution in [0.5, 0.6) is 11.5 Å². The first-order chi connectivity index (χ1) is 10.1. The number of carbonyl (C=O) groups is 1. The highest BCUT2D eigenvalue weighted by Gasteiger charge is 2.07. The predicted octanol–water partition coefficient (Wildman–Crippen LogP) is 1.80. The third kappa shape index (κ3) is 3.59. The van der Waals surface area contributed by atoms with E-state index in [0.29, 0.717) is 23.9 Å². The zero-order valence-corrected chi connectivity index (χ0v) is 11.7. The molecule has 0 amide bonds. The molecule has 1 heterocycles. The Morgan fingerprint density at radius 2 is 2.05 bits per heavy atom. The highest BCUT2D eigenvalue weighted by Crippen LogP contribution is 2.25. The first-order valence-corrected chi connectivity index (χ1v) is 6.14. The summed E-state index contributed by atoms with van der Waals surface area (Å²) < 4.78 is 10.4. The van der Waals surface area contributed by atoms with E-state index in [4.69, 9.17) is 14.6 Å². The second-order valence-electron chi connectivity index (χ2n) is 4.12. The zero-order chi connectivity index (χ0) is 15.2. The van der Waals surface area contributed by atoms with Gasteiger partial charge >= 0.3 is 5.97 Å². The lowest BCUT2D eigenvalue weighted by Crippen LogP contribution is -2.06. The van der Waals surface area contributed by atoms with Gasteiger partial charge in [0.2, 0.25) is 0 Å².